The van der Waals surface area contributed by atoms with Crippen LogP contribution in [-0.4, -0.2) is 22.3 Å². The largest absolute Gasteiger partial charge is 0.355 e. The van der Waals surface area contributed by atoms with Crippen LogP contribution < -0.4 is 5.32 Å². The van der Waals surface area contributed by atoms with Crippen molar-refractivity contribution in [3.8, 4) is 11.1 Å². The van der Waals surface area contributed by atoms with Crippen LogP contribution in [0.2, 0.25) is 0 Å². The highest BCUT2D eigenvalue weighted by atomic mass is 19.1. The van der Waals surface area contributed by atoms with E-state index in [4.69, 9.17) is 0 Å². The topological polar surface area (TPSA) is 46.4 Å². The van der Waals surface area contributed by atoms with Crippen LogP contribution in [-0.2, 0) is 0 Å². The summed E-state index contributed by atoms with van der Waals surface area (Å²) in [4.78, 5) is 15.6. The number of halogens is 1. The Morgan fingerprint density at radius 2 is 2.05 bits per heavy atom. The number of imidazole rings is 1. The molecule has 20 heavy (non-hydrogen) atoms. The molecule has 2 aromatic heterocycles. The van der Waals surface area contributed by atoms with E-state index in [0.717, 1.165) is 11.2 Å². The molecule has 0 aliphatic rings. The fourth-order valence-electron chi connectivity index (χ4n) is 2.10. The maximum atomic E-state index is 13.9. The van der Waals surface area contributed by atoms with Crippen LogP contribution in [0.5, 0.6) is 0 Å². The number of amides is 1. The summed E-state index contributed by atoms with van der Waals surface area (Å²) < 4.78 is 15.8. The molecule has 1 amide bonds. The number of hydrogen-bond acceptors (Lipinski definition) is 2. The molecule has 0 saturated heterocycles. The molecule has 0 saturated carbocycles. The van der Waals surface area contributed by atoms with Crippen molar-refractivity contribution in [2.24, 2.45) is 0 Å². The Labute approximate surface area is 114 Å². The molecule has 0 radical (unpaired) electrons. The molecular weight excluding hydrogens is 257 g/mol. The Morgan fingerprint density at radius 1 is 1.25 bits per heavy atom. The maximum Gasteiger partial charge on any atom is 0.253 e. The van der Waals surface area contributed by atoms with Gasteiger partial charge in [-0.25, -0.2) is 9.37 Å². The molecule has 0 fully saturated rings. The fraction of sp³-hybridized carbons (Fsp3) is 0.0667. The van der Waals surface area contributed by atoms with Gasteiger partial charge in [0.15, 0.2) is 0 Å². The Bertz CT molecular complexity index is 795. The highest BCUT2D eigenvalue weighted by molar-refractivity contribution is 5.94. The normalized spacial score (nSPS) is 10.7. The second kappa shape index (κ2) is 4.77. The summed E-state index contributed by atoms with van der Waals surface area (Å²) >= 11 is 0. The minimum Gasteiger partial charge on any atom is -0.355 e. The summed E-state index contributed by atoms with van der Waals surface area (Å²) in [7, 11) is 1.47. The average molecular weight is 269 g/mol. The molecule has 0 unspecified atom stereocenters. The summed E-state index contributed by atoms with van der Waals surface area (Å²) in [5.41, 5.74) is 2.44. The van der Waals surface area contributed by atoms with Crippen LogP contribution in [0, 0.1) is 5.82 Å². The molecule has 0 spiro atoms. The van der Waals surface area contributed by atoms with Gasteiger partial charge in [-0.05, 0) is 35.4 Å². The highest BCUT2D eigenvalue weighted by Gasteiger charge is 2.11. The van der Waals surface area contributed by atoms with Crippen molar-refractivity contribution in [2.45, 2.75) is 0 Å². The molecule has 1 N–H and O–H groups in total. The number of nitrogens with zero attached hydrogens (tertiary/aromatic N) is 2. The van der Waals surface area contributed by atoms with Crippen molar-refractivity contribution in [3.05, 3.63) is 60.3 Å². The third-order valence-electron chi connectivity index (χ3n) is 3.16. The minimum atomic E-state index is -0.535. The number of pyridine rings is 1. The van der Waals surface area contributed by atoms with Gasteiger partial charge in [0.25, 0.3) is 5.91 Å². The number of rotatable bonds is 2. The SMILES string of the molecule is CNC(=O)c1ccc(-c2ccc3nccn3c2)cc1F. The van der Waals surface area contributed by atoms with E-state index in [1.807, 2.05) is 28.9 Å². The van der Waals surface area contributed by atoms with Crippen LogP contribution in [0.3, 0.4) is 0 Å². The molecule has 0 atom stereocenters. The zero-order valence-electron chi connectivity index (χ0n) is 10.8. The lowest BCUT2D eigenvalue weighted by molar-refractivity contribution is 0.0959. The van der Waals surface area contributed by atoms with Crippen LogP contribution in [0.25, 0.3) is 16.8 Å². The van der Waals surface area contributed by atoms with E-state index in [9.17, 15) is 9.18 Å². The average Bonchev–Trinajstić information content (AvgIpc) is 2.93. The Hall–Kier alpha value is -2.69. The van der Waals surface area contributed by atoms with Gasteiger partial charge in [0.2, 0.25) is 0 Å². The summed E-state index contributed by atoms with van der Waals surface area (Å²) in [5, 5.41) is 2.41. The molecule has 5 heteroatoms. The van der Waals surface area contributed by atoms with Crippen LogP contribution in [0.4, 0.5) is 4.39 Å². The number of nitrogens with one attached hydrogen (secondary N) is 1. The van der Waals surface area contributed by atoms with Gasteiger partial charge in [-0.15, -0.1) is 0 Å². The number of hydrogen-bond donors (Lipinski definition) is 1. The van der Waals surface area contributed by atoms with E-state index in [0.29, 0.717) is 5.56 Å². The van der Waals surface area contributed by atoms with Crippen LogP contribution in [0.15, 0.2) is 48.9 Å². The van der Waals surface area contributed by atoms with Crippen molar-refractivity contribution >= 4 is 11.6 Å². The van der Waals surface area contributed by atoms with Crippen molar-refractivity contribution in [1.82, 2.24) is 14.7 Å². The standard InChI is InChI=1S/C15H12FN3O/c1-17-15(20)12-4-2-10(8-13(12)16)11-3-5-14-18-6-7-19(14)9-11/h2-9H,1H3,(H,17,20). The number of fused-ring (bicyclic) bond motifs is 1. The van der Waals surface area contributed by atoms with E-state index < -0.39 is 11.7 Å². The highest BCUT2D eigenvalue weighted by Crippen LogP contribution is 2.22. The predicted molar refractivity (Wildman–Crippen MR) is 74.0 cm³/mol. The van der Waals surface area contributed by atoms with E-state index in [-0.39, 0.29) is 5.56 Å². The quantitative estimate of drug-likeness (QED) is 0.777. The first-order chi connectivity index (χ1) is 9.69. The summed E-state index contributed by atoms with van der Waals surface area (Å²) in [6, 6.07) is 8.31. The van der Waals surface area contributed by atoms with Gasteiger partial charge in [-0.3, -0.25) is 4.79 Å². The Balaban J connectivity index is 2.05. The van der Waals surface area contributed by atoms with Crippen molar-refractivity contribution in [3.63, 3.8) is 0 Å². The van der Waals surface area contributed by atoms with Gasteiger partial charge in [0.1, 0.15) is 11.5 Å². The lowest BCUT2D eigenvalue weighted by atomic mass is 10.0. The lowest BCUT2D eigenvalue weighted by Gasteiger charge is -2.06. The molecule has 1 aromatic carbocycles. The smallest absolute Gasteiger partial charge is 0.253 e. The third kappa shape index (κ3) is 2.03. The first kappa shape index (κ1) is 12.3. The number of benzene rings is 1. The van der Waals surface area contributed by atoms with Crippen molar-refractivity contribution in [1.29, 1.82) is 0 Å². The molecule has 3 rings (SSSR count). The summed E-state index contributed by atoms with van der Waals surface area (Å²) in [5.74, 6) is -0.966. The molecule has 4 nitrogen and oxygen atoms in total. The van der Waals surface area contributed by atoms with Gasteiger partial charge in [-0.1, -0.05) is 6.07 Å². The van der Waals surface area contributed by atoms with E-state index in [2.05, 4.69) is 10.3 Å². The van der Waals surface area contributed by atoms with Gasteiger partial charge < -0.3 is 9.72 Å². The minimum absolute atomic E-state index is 0.0416. The lowest BCUT2D eigenvalue weighted by Crippen LogP contribution is -2.19. The zero-order chi connectivity index (χ0) is 14.1. The van der Waals surface area contributed by atoms with Gasteiger partial charge in [0, 0.05) is 25.6 Å². The zero-order valence-corrected chi connectivity index (χ0v) is 10.8. The number of carbonyl (C=O) groups excluding carboxylic acids is 1. The molecule has 2 heterocycles. The first-order valence-corrected chi connectivity index (χ1v) is 6.14. The Kier molecular flexibility index (Phi) is 2.95. The Morgan fingerprint density at radius 3 is 2.80 bits per heavy atom. The summed E-state index contributed by atoms with van der Waals surface area (Å²) in [6.45, 7) is 0. The first-order valence-electron chi connectivity index (χ1n) is 6.14. The van der Waals surface area contributed by atoms with E-state index in [1.54, 1.807) is 12.3 Å². The maximum absolute atomic E-state index is 13.9. The molecule has 0 bridgehead atoms. The number of carbonyl (C=O) groups is 1. The van der Waals surface area contributed by atoms with E-state index in [1.165, 1.54) is 19.2 Å². The molecule has 100 valence electrons. The van der Waals surface area contributed by atoms with Gasteiger partial charge in [-0.2, -0.15) is 0 Å². The van der Waals surface area contributed by atoms with Crippen molar-refractivity contribution in [2.75, 3.05) is 7.05 Å². The fourth-order valence-corrected chi connectivity index (χ4v) is 2.10. The van der Waals surface area contributed by atoms with E-state index >= 15 is 0 Å². The summed E-state index contributed by atoms with van der Waals surface area (Å²) in [6.07, 6.45) is 5.40. The predicted octanol–water partition coefficient (Wildman–Crippen LogP) is 2.50. The molecular formula is C15H12FN3O. The monoisotopic (exact) mass is 269 g/mol. The number of aromatic nitrogens is 2. The van der Waals surface area contributed by atoms with Gasteiger partial charge >= 0.3 is 0 Å². The second-order valence-electron chi connectivity index (χ2n) is 4.38. The van der Waals surface area contributed by atoms with Gasteiger partial charge in [0.05, 0.1) is 5.56 Å². The molecule has 0 aliphatic heterocycles. The molecule has 0 aliphatic carbocycles. The van der Waals surface area contributed by atoms with Crippen molar-refractivity contribution < 1.29 is 9.18 Å². The van der Waals surface area contributed by atoms with Crippen LogP contribution >= 0.6 is 0 Å². The third-order valence-corrected chi connectivity index (χ3v) is 3.16. The second-order valence-corrected chi connectivity index (χ2v) is 4.38. The van der Waals surface area contributed by atoms with Crippen LogP contribution in [0.1, 0.15) is 10.4 Å². The molecule has 3 aromatic rings.